The smallest absolute Gasteiger partial charge is 0.406 e. The van der Waals surface area contributed by atoms with Gasteiger partial charge in [0.05, 0.1) is 37.4 Å². The van der Waals surface area contributed by atoms with Crippen LogP contribution in [0.15, 0.2) is 42.7 Å². The van der Waals surface area contributed by atoms with Crippen LogP contribution in [0.2, 0.25) is 0 Å². The summed E-state index contributed by atoms with van der Waals surface area (Å²) in [5.41, 5.74) is 5.93. The maximum atomic E-state index is 14.6. The molecule has 0 spiro atoms. The first kappa shape index (κ1) is 42.4. The van der Waals surface area contributed by atoms with Crippen molar-refractivity contribution in [2.75, 3.05) is 18.9 Å². The van der Waals surface area contributed by atoms with Crippen molar-refractivity contribution >= 4 is 37.0 Å². The van der Waals surface area contributed by atoms with Crippen molar-refractivity contribution in [1.82, 2.24) is 19.7 Å². The number of aromatic nitrogens is 3. The fourth-order valence-electron chi connectivity index (χ4n) is 5.68. The molecule has 4 rings (SSSR count). The molecule has 1 fully saturated rings. The molecule has 1 saturated heterocycles. The van der Waals surface area contributed by atoms with Crippen LogP contribution < -0.4 is 10.8 Å². The van der Waals surface area contributed by atoms with Gasteiger partial charge in [0.15, 0.2) is 18.0 Å². The van der Waals surface area contributed by atoms with E-state index in [4.69, 9.17) is 33.7 Å². The number of benzene rings is 1. The van der Waals surface area contributed by atoms with Crippen molar-refractivity contribution in [1.29, 1.82) is 5.26 Å². The van der Waals surface area contributed by atoms with Gasteiger partial charge in [0.25, 0.3) is 0 Å². The predicted octanol–water partition coefficient (Wildman–Crippen LogP) is 5.17. The number of hydrogen-bond donors (Lipinski definition) is 2. The number of rotatable bonds is 18. The van der Waals surface area contributed by atoms with Crippen molar-refractivity contribution in [2.45, 2.75) is 105 Å². The molecule has 1 aromatic carbocycles. The van der Waals surface area contributed by atoms with Gasteiger partial charge in [-0.05, 0) is 43.0 Å². The van der Waals surface area contributed by atoms with Crippen LogP contribution in [0, 0.1) is 36.0 Å². The third kappa shape index (κ3) is 9.64. The fourth-order valence-corrected chi connectivity index (χ4v) is 7.14. The lowest BCUT2D eigenvalue weighted by Gasteiger charge is -2.29. The van der Waals surface area contributed by atoms with Gasteiger partial charge in [0.2, 0.25) is 5.60 Å². The third-order valence-corrected chi connectivity index (χ3v) is 10.9. The van der Waals surface area contributed by atoms with E-state index < -0.39 is 74.1 Å². The Morgan fingerprint density at radius 1 is 1.02 bits per heavy atom. The minimum atomic E-state index is -4.43. The number of nitrogens with one attached hydrogen (secondary N) is 1. The van der Waals surface area contributed by atoms with Crippen LogP contribution in [-0.4, -0.2) is 70.1 Å². The number of nitrogen functional groups attached to an aromatic ring is 1. The Hall–Kier alpha value is -4.39. The van der Waals surface area contributed by atoms with Crippen LogP contribution in [-0.2, 0) is 59.2 Å². The number of aryl methyl sites for hydroxylation is 1. The van der Waals surface area contributed by atoms with Crippen LogP contribution in [0.1, 0.15) is 78.1 Å². The van der Waals surface area contributed by atoms with Gasteiger partial charge >= 0.3 is 25.7 Å². The van der Waals surface area contributed by atoms with E-state index in [0.717, 1.165) is 18.4 Å². The maximum Gasteiger partial charge on any atom is 0.406 e. The first-order valence-corrected chi connectivity index (χ1v) is 19.6. The molecular formula is C37H51N6O10P. The summed E-state index contributed by atoms with van der Waals surface area (Å²) in [6, 6.07) is 11.4. The van der Waals surface area contributed by atoms with E-state index in [0.29, 0.717) is 11.1 Å². The summed E-state index contributed by atoms with van der Waals surface area (Å²) in [6.45, 7) is 13.1. The van der Waals surface area contributed by atoms with Crippen LogP contribution >= 0.6 is 7.75 Å². The molecule has 1 aliphatic rings. The molecule has 0 amide bonds. The molecule has 0 aliphatic carbocycles. The number of hydrogen-bond acceptors (Lipinski definition) is 14. The Bertz CT molecular complexity index is 1870. The summed E-state index contributed by atoms with van der Waals surface area (Å²) in [4.78, 5) is 43.5. The summed E-state index contributed by atoms with van der Waals surface area (Å²) in [5.74, 6) is -3.09. The van der Waals surface area contributed by atoms with Crippen LogP contribution in [0.25, 0.3) is 5.52 Å². The van der Waals surface area contributed by atoms with E-state index in [-0.39, 0.29) is 30.6 Å². The number of nitriles is 1. The minimum absolute atomic E-state index is 0.0923. The summed E-state index contributed by atoms with van der Waals surface area (Å²) < 4.78 is 51.6. The van der Waals surface area contributed by atoms with E-state index in [1.807, 2.05) is 32.9 Å². The Morgan fingerprint density at radius 2 is 1.69 bits per heavy atom. The first-order valence-electron chi connectivity index (χ1n) is 18.1. The number of carbonyl (C=O) groups is 3. The van der Waals surface area contributed by atoms with Gasteiger partial charge in [-0.1, -0.05) is 78.6 Å². The maximum absolute atomic E-state index is 14.6. The highest BCUT2D eigenvalue weighted by atomic mass is 31.2. The Balaban J connectivity index is 1.74. The normalized spacial score (nSPS) is 21.6. The number of nitrogens with zero attached hydrogens (tertiary/aromatic N) is 4. The first-order chi connectivity index (χ1) is 25.6. The van der Waals surface area contributed by atoms with E-state index in [9.17, 15) is 24.2 Å². The summed E-state index contributed by atoms with van der Waals surface area (Å²) >= 11 is 0. The number of esters is 3. The fraction of sp³-hybridized carbons (Fsp3) is 0.568. The van der Waals surface area contributed by atoms with Crippen LogP contribution in [0.5, 0.6) is 0 Å². The molecule has 294 valence electrons. The van der Waals surface area contributed by atoms with Crippen molar-refractivity contribution in [3.05, 3.63) is 59.5 Å². The lowest BCUT2D eigenvalue weighted by Crippen LogP contribution is -2.47. The number of ether oxygens (including phenoxy) is 4. The predicted molar refractivity (Wildman–Crippen MR) is 196 cm³/mol. The SMILES string of the molecule is CCC(CC)COC(=O)[C@H](C)N[P@](=O)(OCc1ccccc1C)OC[C@H]1O[C@@](C#N)(c2ccc3c(N)ncnn23)[C@H](OC(=O)C(C)C)[C@@H]1OC(=O)C(C)C. The number of fused-ring (bicyclic) bond motifs is 1. The highest BCUT2D eigenvalue weighted by molar-refractivity contribution is 7.51. The van der Waals surface area contributed by atoms with Crippen LogP contribution in [0.3, 0.4) is 0 Å². The second-order valence-corrected chi connectivity index (χ2v) is 15.7. The van der Waals surface area contributed by atoms with Gasteiger partial charge in [-0.3, -0.25) is 23.4 Å². The average molecular weight is 771 g/mol. The van der Waals surface area contributed by atoms with Gasteiger partial charge in [-0.2, -0.15) is 10.4 Å². The standard InChI is InChI=1S/C37H51N6O10P/c1-9-26(10-2)17-48-36(46)25(8)42-54(47,49-18-27-14-12-11-13-24(27)7)50-19-29-31(51-34(44)22(3)4)32(52-35(45)23(5)6)37(20-38,53-29)30-16-15-28-33(39)40-21-41-43(28)30/h11-16,21-23,25-26,29,31-32H,9-10,17-19H2,1-8H3,(H,42,47)(H2,39,40,41)/t25-,29+,31+,32+,37-,54-/m0/s1. The third-order valence-electron chi connectivity index (χ3n) is 9.25. The highest BCUT2D eigenvalue weighted by Crippen LogP contribution is 2.49. The zero-order valence-electron chi connectivity index (χ0n) is 32.0. The second kappa shape index (κ2) is 18.3. The van der Waals surface area contributed by atoms with Gasteiger partial charge in [0.1, 0.15) is 30.1 Å². The number of nitrogens with two attached hydrogens (primary N) is 1. The molecule has 0 unspecified atom stereocenters. The second-order valence-electron chi connectivity index (χ2n) is 13.9. The van der Waals surface area contributed by atoms with E-state index in [2.05, 4.69) is 21.2 Å². The Labute approximate surface area is 315 Å². The molecule has 0 bridgehead atoms. The molecule has 0 radical (unpaired) electrons. The van der Waals surface area contributed by atoms with Gasteiger partial charge < -0.3 is 24.7 Å². The van der Waals surface area contributed by atoms with E-state index in [1.165, 1.54) is 23.8 Å². The van der Waals surface area contributed by atoms with Crippen molar-refractivity contribution < 1.29 is 46.9 Å². The summed E-state index contributed by atoms with van der Waals surface area (Å²) in [5, 5.41) is 17.8. The molecule has 2 aromatic heterocycles. The molecule has 1 aliphatic heterocycles. The molecule has 17 heteroatoms. The van der Waals surface area contributed by atoms with Gasteiger partial charge in [-0.15, -0.1) is 0 Å². The largest absolute Gasteiger partial charge is 0.464 e. The molecule has 54 heavy (non-hydrogen) atoms. The lowest BCUT2D eigenvalue weighted by molar-refractivity contribution is -0.173. The number of carbonyl (C=O) groups excluding carboxylic acids is 3. The van der Waals surface area contributed by atoms with Crippen molar-refractivity contribution in [3.8, 4) is 6.07 Å². The topological polar surface area (TPSA) is 216 Å². The summed E-state index contributed by atoms with van der Waals surface area (Å²) in [7, 11) is -4.43. The van der Waals surface area contributed by atoms with Crippen molar-refractivity contribution in [2.24, 2.45) is 17.8 Å². The van der Waals surface area contributed by atoms with Crippen molar-refractivity contribution in [3.63, 3.8) is 0 Å². The summed E-state index contributed by atoms with van der Waals surface area (Å²) in [6.07, 6.45) is -1.60. The average Bonchev–Trinajstić information content (AvgIpc) is 3.71. The highest BCUT2D eigenvalue weighted by Gasteiger charge is 2.63. The monoisotopic (exact) mass is 770 g/mol. The quantitative estimate of drug-likeness (QED) is 0.0969. The molecule has 3 heterocycles. The zero-order chi connectivity index (χ0) is 39.8. The molecule has 0 saturated carbocycles. The zero-order valence-corrected chi connectivity index (χ0v) is 32.9. The molecule has 16 nitrogen and oxygen atoms in total. The molecule has 6 atom stereocenters. The van der Waals surface area contributed by atoms with E-state index >= 15 is 0 Å². The molecular weight excluding hydrogens is 719 g/mol. The Kier molecular flexibility index (Phi) is 14.3. The Morgan fingerprint density at radius 3 is 2.31 bits per heavy atom. The minimum Gasteiger partial charge on any atom is -0.464 e. The van der Waals surface area contributed by atoms with Crippen LogP contribution in [0.4, 0.5) is 5.82 Å². The lowest BCUT2D eigenvalue weighted by atomic mass is 9.92. The van der Waals surface area contributed by atoms with Gasteiger partial charge in [-0.25, -0.2) is 19.2 Å². The molecule has 3 N–H and O–H groups in total. The van der Waals surface area contributed by atoms with E-state index in [1.54, 1.807) is 45.9 Å². The van der Waals surface area contributed by atoms with Gasteiger partial charge in [0, 0.05) is 0 Å². The number of anilines is 1. The molecule has 3 aromatic rings.